The molecule has 0 fully saturated rings. The van der Waals surface area contributed by atoms with E-state index in [0.717, 1.165) is 0 Å². The van der Waals surface area contributed by atoms with Gasteiger partial charge in [-0.05, 0) is 6.07 Å². The van der Waals surface area contributed by atoms with Gasteiger partial charge in [-0.15, -0.1) is 0 Å². The molecule has 0 atom stereocenters. The van der Waals surface area contributed by atoms with Gasteiger partial charge in [-0.3, -0.25) is 5.11 Å². The molecule has 0 saturated carbocycles. The van der Waals surface area contributed by atoms with Crippen molar-refractivity contribution in [3.8, 4) is 5.88 Å². The Morgan fingerprint density at radius 2 is 2.00 bits per heavy atom. The Hall–Kier alpha value is -0.970. The number of alkyl halides is 3. The standard InChI is InChI=1S/C6H2ClF3NO/c7-4-1-3(6(8,9)10)2-11-5(4)12/h1-2H. The topological polar surface area (TPSA) is 32.8 Å². The van der Waals surface area contributed by atoms with E-state index >= 15 is 0 Å². The van der Waals surface area contributed by atoms with Gasteiger partial charge in [0, 0.05) is 6.20 Å². The Bertz CT molecular complexity index is 299. The molecule has 2 nitrogen and oxygen atoms in total. The number of hydrogen-bond acceptors (Lipinski definition) is 1. The summed E-state index contributed by atoms with van der Waals surface area (Å²) in [5.41, 5.74) is -1.02. The number of rotatable bonds is 0. The van der Waals surface area contributed by atoms with Gasteiger partial charge in [-0.1, -0.05) is 11.6 Å². The molecule has 0 saturated heterocycles. The van der Waals surface area contributed by atoms with Crippen molar-refractivity contribution in [1.82, 2.24) is 4.98 Å². The molecule has 0 aliphatic carbocycles. The van der Waals surface area contributed by atoms with Crippen molar-refractivity contribution in [2.24, 2.45) is 0 Å². The summed E-state index contributed by atoms with van der Waals surface area (Å²) in [6.45, 7) is 0. The molecule has 0 unspecified atom stereocenters. The second kappa shape index (κ2) is 2.82. The predicted molar refractivity (Wildman–Crippen MR) is 34.4 cm³/mol. The zero-order valence-corrected chi connectivity index (χ0v) is 6.28. The summed E-state index contributed by atoms with van der Waals surface area (Å²) in [5.74, 6) is -0.857. The summed E-state index contributed by atoms with van der Waals surface area (Å²) >= 11 is 5.14. The highest BCUT2D eigenvalue weighted by Crippen LogP contribution is 2.32. The molecule has 1 radical (unpaired) electrons. The van der Waals surface area contributed by atoms with Crippen LogP contribution in [-0.2, 0) is 11.3 Å². The molecule has 1 aromatic heterocycles. The van der Waals surface area contributed by atoms with Gasteiger partial charge in [0.1, 0.15) is 5.02 Å². The molecule has 1 rings (SSSR count). The highest BCUT2D eigenvalue weighted by Gasteiger charge is 2.31. The molecule has 1 aromatic rings. The van der Waals surface area contributed by atoms with Crippen LogP contribution in [-0.4, -0.2) is 4.98 Å². The van der Waals surface area contributed by atoms with Crippen LogP contribution in [0.1, 0.15) is 5.56 Å². The van der Waals surface area contributed by atoms with E-state index in [1.165, 1.54) is 0 Å². The van der Waals surface area contributed by atoms with Gasteiger partial charge >= 0.3 is 6.18 Å². The first kappa shape index (κ1) is 9.12. The molecule has 65 valence electrons. The maximum Gasteiger partial charge on any atom is 0.417 e. The Kier molecular flexibility index (Phi) is 2.14. The van der Waals surface area contributed by atoms with Crippen LogP contribution in [0.5, 0.6) is 5.88 Å². The average molecular weight is 197 g/mol. The van der Waals surface area contributed by atoms with E-state index < -0.39 is 22.6 Å². The molecule has 12 heavy (non-hydrogen) atoms. The summed E-state index contributed by atoms with van der Waals surface area (Å²) in [6.07, 6.45) is -4.06. The van der Waals surface area contributed by atoms with Crippen LogP contribution in [0.25, 0.3) is 0 Å². The molecular weight excluding hydrogens is 195 g/mol. The first-order valence-corrected chi connectivity index (χ1v) is 3.19. The van der Waals surface area contributed by atoms with Gasteiger partial charge in [-0.2, -0.15) is 13.2 Å². The smallest absolute Gasteiger partial charge is 0.266 e. The summed E-state index contributed by atoms with van der Waals surface area (Å²) in [7, 11) is 0. The molecule has 0 spiro atoms. The van der Waals surface area contributed by atoms with Crippen molar-refractivity contribution in [3.63, 3.8) is 0 Å². The second-order valence-electron chi connectivity index (χ2n) is 2.01. The van der Waals surface area contributed by atoms with E-state index in [2.05, 4.69) is 4.98 Å². The number of nitrogens with zero attached hydrogens (tertiary/aromatic N) is 1. The fraction of sp³-hybridized carbons (Fsp3) is 0.167. The first-order valence-electron chi connectivity index (χ1n) is 2.81. The minimum Gasteiger partial charge on any atom is -0.266 e. The van der Waals surface area contributed by atoms with Gasteiger partial charge in [0.05, 0.1) is 5.56 Å². The minimum absolute atomic E-state index is 0.453. The maximum absolute atomic E-state index is 11.9. The fourth-order valence-corrected chi connectivity index (χ4v) is 0.747. The third-order valence-corrected chi connectivity index (χ3v) is 1.41. The highest BCUT2D eigenvalue weighted by molar-refractivity contribution is 6.31. The monoisotopic (exact) mass is 196 g/mol. The van der Waals surface area contributed by atoms with Crippen LogP contribution in [0, 0.1) is 0 Å². The average Bonchev–Trinajstić information content (AvgIpc) is 1.92. The minimum atomic E-state index is -4.51. The zero-order chi connectivity index (χ0) is 9.35. The van der Waals surface area contributed by atoms with E-state index in [1.54, 1.807) is 0 Å². The molecule has 6 heteroatoms. The van der Waals surface area contributed by atoms with Crippen molar-refractivity contribution in [3.05, 3.63) is 22.8 Å². The Labute approximate surface area is 70.6 Å². The van der Waals surface area contributed by atoms with E-state index in [-0.39, 0.29) is 0 Å². The number of halogens is 4. The van der Waals surface area contributed by atoms with Crippen LogP contribution in [0.3, 0.4) is 0 Å². The normalized spacial score (nSPS) is 11.7. The maximum atomic E-state index is 11.9. The molecule has 0 aliphatic rings. The van der Waals surface area contributed by atoms with Crippen molar-refractivity contribution in [2.45, 2.75) is 6.18 Å². The van der Waals surface area contributed by atoms with E-state index in [9.17, 15) is 18.3 Å². The molecule has 0 N–H and O–H groups in total. The lowest BCUT2D eigenvalue weighted by molar-refractivity contribution is -0.137. The third-order valence-electron chi connectivity index (χ3n) is 1.13. The zero-order valence-electron chi connectivity index (χ0n) is 5.52. The van der Waals surface area contributed by atoms with E-state index in [0.29, 0.717) is 12.3 Å². The quantitative estimate of drug-likeness (QED) is 0.628. The number of pyridine rings is 1. The van der Waals surface area contributed by atoms with Crippen LogP contribution in [0.4, 0.5) is 13.2 Å². The highest BCUT2D eigenvalue weighted by atomic mass is 35.5. The van der Waals surface area contributed by atoms with Crippen molar-refractivity contribution in [1.29, 1.82) is 0 Å². The second-order valence-corrected chi connectivity index (χ2v) is 2.42. The Balaban J connectivity index is 3.14. The first-order chi connectivity index (χ1) is 5.41. The number of hydrogen-bond donors (Lipinski definition) is 0. The summed E-state index contributed by atoms with van der Waals surface area (Å²) < 4.78 is 35.7. The van der Waals surface area contributed by atoms with E-state index in [1.807, 2.05) is 0 Å². The summed E-state index contributed by atoms with van der Waals surface area (Å²) in [6, 6.07) is 0.552. The molecule has 1 heterocycles. The lowest BCUT2D eigenvalue weighted by Gasteiger charge is -2.04. The summed E-state index contributed by atoms with van der Waals surface area (Å²) in [5, 5.41) is 9.96. The van der Waals surface area contributed by atoms with Crippen molar-refractivity contribution in [2.75, 3.05) is 0 Å². The Morgan fingerprint density at radius 1 is 1.42 bits per heavy atom. The van der Waals surface area contributed by atoms with Gasteiger partial charge < -0.3 is 0 Å². The summed E-state index contributed by atoms with van der Waals surface area (Å²) in [4.78, 5) is 2.94. The fourth-order valence-electron chi connectivity index (χ4n) is 0.580. The van der Waals surface area contributed by atoms with Gasteiger partial charge in [0.25, 0.3) is 5.88 Å². The third kappa shape index (κ3) is 1.79. The predicted octanol–water partition coefficient (Wildman–Crippen LogP) is 2.90. The van der Waals surface area contributed by atoms with Gasteiger partial charge in [-0.25, -0.2) is 4.98 Å². The Morgan fingerprint density at radius 3 is 2.42 bits per heavy atom. The van der Waals surface area contributed by atoms with Crippen LogP contribution in [0.2, 0.25) is 5.02 Å². The van der Waals surface area contributed by atoms with Crippen LogP contribution >= 0.6 is 11.6 Å². The largest absolute Gasteiger partial charge is 0.417 e. The molecule has 0 aromatic carbocycles. The lowest BCUT2D eigenvalue weighted by Crippen LogP contribution is -2.04. The molecule has 0 aliphatic heterocycles. The number of aromatic nitrogens is 1. The van der Waals surface area contributed by atoms with Gasteiger partial charge in [0.15, 0.2) is 0 Å². The van der Waals surface area contributed by atoms with Crippen molar-refractivity contribution >= 4 is 11.6 Å². The molecular formula is C6H2ClF3NO. The molecule has 0 bridgehead atoms. The van der Waals surface area contributed by atoms with Crippen molar-refractivity contribution < 1.29 is 18.3 Å². The van der Waals surface area contributed by atoms with Gasteiger partial charge in [0.2, 0.25) is 0 Å². The van der Waals surface area contributed by atoms with Crippen LogP contribution < -0.4 is 0 Å². The van der Waals surface area contributed by atoms with Crippen LogP contribution in [0.15, 0.2) is 12.3 Å². The lowest BCUT2D eigenvalue weighted by atomic mass is 10.3. The molecule has 0 amide bonds. The van der Waals surface area contributed by atoms with E-state index in [4.69, 9.17) is 11.6 Å². The SMILES string of the molecule is [O]c1ncc(C(F)(F)F)cc1Cl.